The predicted octanol–water partition coefficient (Wildman–Crippen LogP) is 4.84. The maximum absolute atomic E-state index is 12.8. The van der Waals surface area contributed by atoms with E-state index in [1.807, 2.05) is 42.5 Å². The van der Waals surface area contributed by atoms with Crippen LogP contribution in [0.2, 0.25) is 10.3 Å². The van der Waals surface area contributed by atoms with Crippen LogP contribution in [-0.4, -0.2) is 15.3 Å². The van der Waals surface area contributed by atoms with Gasteiger partial charge in [0.25, 0.3) is 0 Å². The summed E-state index contributed by atoms with van der Waals surface area (Å²) < 4.78 is 1.74. The van der Waals surface area contributed by atoms with Crippen molar-refractivity contribution >= 4 is 34.6 Å². The predicted molar refractivity (Wildman–Crippen MR) is 95.8 cm³/mol. The molecule has 1 heterocycles. The molecule has 5 heteroatoms. The number of ketones is 1. The molecule has 0 saturated heterocycles. The van der Waals surface area contributed by atoms with E-state index in [0.29, 0.717) is 22.8 Å². The maximum atomic E-state index is 12.8. The zero-order chi connectivity index (χ0) is 16.8. The minimum absolute atomic E-state index is 0.0182. The van der Waals surface area contributed by atoms with E-state index in [0.717, 1.165) is 22.3 Å². The Labute approximate surface area is 149 Å². The van der Waals surface area contributed by atoms with E-state index in [1.165, 1.54) is 0 Å². The lowest BCUT2D eigenvalue weighted by molar-refractivity contribution is 0.103. The molecular weight excluding hydrogens is 343 g/mol. The van der Waals surface area contributed by atoms with Gasteiger partial charge < -0.3 is 4.57 Å². The maximum Gasteiger partial charge on any atom is 0.194 e. The molecule has 2 aromatic carbocycles. The number of nitrogens with zero attached hydrogens (tertiary/aromatic N) is 2. The summed E-state index contributed by atoms with van der Waals surface area (Å²) in [5.74, 6) is 0.0182. The van der Waals surface area contributed by atoms with E-state index >= 15 is 0 Å². The van der Waals surface area contributed by atoms with E-state index in [9.17, 15) is 4.79 Å². The first-order valence-electron chi connectivity index (χ1n) is 7.38. The highest BCUT2D eigenvalue weighted by Gasteiger charge is 2.25. The van der Waals surface area contributed by atoms with E-state index < -0.39 is 0 Å². The van der Waals surface area contributed by atoms with Crippen molar-refractivity contribution in [2.24, 2.45) is 0 Å². The fourth-order valence-corrected chi connectivity index (χ4v) is 3.33. The number of rotatable bonds is 2. The highest BCUT2D eigenvalue weighted by Crippen LogP contribution is 2.35. The van der Waals surface area contributed by atoms with Crippen LogP contribution in [-0.2, 0) is 6.54 Å². The Bertz CT molecular complexity index is 1000. The van der Waals surface area contributed by atoms with Gasteiger partial charge in [0.15, 0.2) is 10.9 Å². The number of aromatic nitrogens is 2. The zero-order valence-electron chi connectivity index (χ0n) is 12.6. The average Bonchev–Trinajstić information content (AvgIpc) is 2.92. The molecule has 0 N–H and O–H groups in total. The molecule has 0 unspecified atom stereocenters. The van der Waals surface area contributed by atoms with Gasteiger partial charge in [0, 0.05) is 17.7 Å². The minimum Gasteiger partial charge on any atom is -0.316 e. The molecule has 0 atom stereocenters. The first-order chi connectivity index (χ1) is 11.6. The molecule has 0 spiro atoms. The van der Waals surface area contributed by atoms with Gasteiger partial charge in [0.1, 0.15) is 5.15 Å². The molecule has 0 fully saturated rings. The molecule has 1 aliphatic carbocycles. The molecule has 118 valence electrons. The van der Waals surface area contributed by atoms with E-state index in [-0.39, 0.29) is 10.9 Å². The number of hydrogen-bond donors (Lipinski definition) is 0. The summed E-state index contributed by atoms with van der Waals surface area (Å²) in [7, 11) is 0. The standard InChI is InChI=1S/C19H12Cl2N2O/c1-11-13-4-2-3-5-15(13)17(24)16-8-12(6-7-14(11)16)9-23-10-22-18(20)19(23)21/h2-8,10H,1,9H2. The number of carbonyl (C=O) groups is 1. The van der Waals surface area contributed by atoms with Crippen molar-refractivity contribution in [3.05, 3.63) is 93.5 Å². The number of benzene rings is 2. The van der Waals surface area contributed by atoms with Crippen molar-refractivity contribution < 1.29 is 4.79 Å². The van der Waals surface area contributed by atoms with Gasteiger partial charge in [-0.05, 0) is 28.3 Å². The summed E-state index contributed by atoms with van der Waals surface area (Å²) in [6.07, 6.45) is 1.58. The highest BCUT2D eigenvalue weighted by molar-refractivity contribution is 6.40. The summed E-state index contributed by atoms with van der Waals surface area (Å²) in [5.41, 5.74) is 4.94. The molecule has 1 aromatic heterocycles. The van der Waals surface area contributed by atoms with Crippen LogP contribution in [0.25, 0.3) is 5.57 Å². The van der Waals surface area contributed by atoms with Crippen LogP contribution in [0.15, 0.2) is 55.4 Å². The van der Waals surface area contributed by atoms with Gasteiger partial charge in [-0.1, -0.05) is 66.2 Å². The SMILES string of the molecule is C=C1c2ccccc2C(=O)c2cc(Cn3cnc(Cl)c3Cl)ccc21. The molecular formula is C19H12Cl2N2O. The van der Waals surface area contributed by atoms with Crippen LogP contribution < -0.4 is 0 Å². The summed E-state index contributed by atoms with van der Waals surface area (Å²) in [6.45, 7) is 4.65. The van der Waals surface area contributed by atoms with Crippen LogP contribution in [0.3, 0.4) is 0 Å². The molecule has 0 amide bonds. The van der Waals surface area contributed by atoms with Crippen LogP contribution in [0.5, 0.6) is 0 Å². The third kappa shape index (κ3) is 2.29. The Kier molecular flexibility index (Phi) is 3.56. The number of carbonyl (C=O) groups excluding carboxylic acids is 1. The van der Waals surface area contributed by atoms with Crippen molar-refractivity contribution in [3.8, 4) is 0 Å². The molecule has 3 aromatic rings. The molecule has 0 bridgehead atoms. The summed E-state index contributed by atoms with van der Waals surface area (Å²) >= 11 is 12.0. The normalized spacial score (nSPS) is 12.9. The number of halogens is 2. The highest BCUT2D eigenvalue weighted by atomic mass is 35.5. The van der Waals surface area contributed by atoms with Crippen LogP contribution in [0.4, 0.5) is 0 Å². The summed E-state index contributed by atoms with van der Waals surface area (Å²) in [4.78, 5) is 16.8. The second kappa shape index (κ2) is 5.62. The van der Waals surface area contributed by atoms with Crippen LogP contribution in [0.1, 0.15) is 32.6 Å². The third-order valence-corrected chi connectivity index (χ3v) is 5.01. The van der Waals surface area contributed by atoms with Crippen molar-refractivity contribution in [1.29, 1.82) is 0 Å². The van der Waals surface area contributed by atoms with Gasteiger partial charge in [0.05, 0.1) is 6.33 Å². The Hall–Kier alpha value is -2.36. The monoisotopic (exact) mass is 354 g/mol. The Morgan fingerprint density at radius 3 is 2.42 bits per heavy atom. The molecule has 0 saturated carbocycles. The number of fused-ring (bicyclic) bond motifs is 2. The lowest BCUT2D eigenvalue weighted by Crippen LogP contribution is -2.14. The second-order valence-electron chi connectivity index (χ2n) is 5.69. The van der Waals surface area contributed by atoms with Crippen LogP contribution >= 0.6 is 23.2 Å². The van der Waals surface area contributed by atoms with Crippen molar-refractivity contribution in [1.82, 2.24) is 9.55 Å². The largest absolute Gasteiger partial charge is 0.316 e. The van der Waals surface area contributed by atoms with E-state index in [4.69, 9.17) is 23.2 Å². The summed E-state index contributed by atoms with van der Waals surface area (Å²) in [5, 5.41) is 0.656. The van der Waals surface area contributed by atoms with Gasteiger partial charge in [-0.15, -0.1) is 0 Å². The fraction of sp³-hybridized carbons (Fsp3) is 0.0526. The van der Waals surface area contributed by atoms with E-state index in [1.54, 1.807) is 10.9 Å². The van der Waals surface area contributed by atoms with Gasteiger partial charge in [-0.3, -0.25) is 4.79 Å². The molecule has 0 aliphatic heterocycles. The molecule has 0 radical (unpaired) electrons. The first kappa shape index (κ1) is 15.2. The number of hydrogen-bond acceptors (Lipinski definition) is 2. The number of imidazole rings is 1. The lowest BCUT2D eigenvalue weighted by atomic mass is 9.81. The fourth-order valence-electron chi connectivity index (χ4n) is 3.02. The van der Waals surface area contributed by atoms with Crippen LogP contribution in [0, 0.1) is 0 Å². The quantitative estimate of drug-likeness (QED) is 0.516. The molecule has 1 aliphatic rings. The van der Waals surface area contributed by atoms with Gasteiger partial charge >= 0.3 is 0 Å². The molecule has 24 heavy (non-hydrogen) atoms. The Morgan fingerprint density at radius 2 is 1.71 bits per heavy atom. The Morgan fingerprint density at radius 1 is 1.00 bits per heavy atom. The second-order valence-corrected chi connectivity index (χ2v) is 6.40. The topological polar surface area (TPSA) is 34.9 Å². The van der Waals surface area contributed by atoms with Gasteiger partial charge in [-0.25, -0.2) is 4.98 Å². The van der Waals surface area contributed by atoms with E-state index in [2.05, 4.69) is 11.6 Å². The third-order valence-electron chi connectivity index (χ3n) is 4.24. The molecule has 4 rings (SSSR count). The van der Waals surface area contributed by atoms with Gasteiger partial charge in [-0.2, -0.15) is 0 Å². The zero-order valence-corrected chi connectivity index (χ0v) is 14.1. The summed E-state index contributed by atoms with van der Waals surface area (Å²) in [6, 6.07) is 13.4. The van der Waals surface area contributed by atoms with Crippen molar-refractivity contribution in [3.63, 3.8) is 0 Å². The minimum atomic E-state index is 0.0182. The molecule has 3 nitrogen and oxygen atoms in total. The average molecular weight is 355 g/mol. The van der Waals surface area contributed by atoms with Gasteiger partial charge in [0.2, 0.25) is 0 Å². The lowest BCUT2D eigenvalue weighted by Gasteiger charge is -2.21. The Balaban J connectivity index is 1.77. The van der Waals surface area contributed by atoms with Crippen molar-refractivity contribution in [2.45, 2.75) is 6.54 Å². The van der Waals surface area contributed by atoms with Crippen molar-refractivity contribution in [2.75, 3.05) is 0 Å². The first-order valence-corrected chi connectivity index (χ1v) is 8.14. The smallest absolute Gasteiger partial charge is 0.194 e.